The summed E-state index contributed by atoms with van der Waals surface area (Å²) >= 11 is 0. The monoisotopic (exact) mass is 570 g/mol. The summed E-state index contributed by atoms with van der Waals surface area (Å²) in [6.45, 7) is 2.62. The lowest BCUT2D eigenvalue weighted by Gasteiger charge is -2.23. The van der Waals surface area contributed by atoms with E-state index in [1.165, 1.54) is 12.6 Å². The zero-order valence-electron chi connectivity index (χ0n) is 23.4. The van der Waals surface area contributed by atoms with Gasteiger partial charge in [0.05, 0.1) is 29.6 Å². The van der Waals surface area contributed by atoms with E-state index >= 15 is 0 Å². The standard InChI is InChI=1S/C32H34N4O6/c1-2-20-41-25-18-14-23(15-19-25)32(40)42-26-16-12-22(13-17-26)21-33-36-31(39)30(38)35-28-11-7-6-10-27(28)29(37)34-24-8-4-3-5-9-24/h6-7,10-19,21,24H,2-5,8-9,20H2,1H3,(H,34,37)(H,35,38)(H,36,39)/b33-21-. The minimum Gasteiger partial charge on any atom is -0.494 e. The number of rotatable bonds is 10. The number of nitrogens with zero attached hydrogens (tertiary/aromatic N) is 1. The largest absolute Gasteiger partial charge is 0.494 e. The zero-order chi connectivity index (χ0) is 29.7. The molecule has 42 heavy (non-hydrogen) atoms. The maximum atomic E-state index is 12.8. The van der Waals surface area contributed by atoms with Gasteiger partial charge in [-0.15, -0.1) is 0 Å². The van der Waals surface area contributed by atoms with Gasteiger partial charge in [-0.2, -0.15) is 5.10 Å². The Morgan fingerprint density at radius 1 is 0.857 bits per heavy atom. The number of carbonyl (C=O) groups is 4. The van der Waals surface area contributed by atoms with Crippen LogP contribution in [0.15, 0.2) is 77.9 Å². The third kappa shape index (κ3) is 8.76. The summed E-state index contributed by atoms with van der Waals surface area (Å²) in [6, 6.07) is 19.8. The Morgan fingerprint density at radius 3 is 2.26 bits per heavy atom. The first-order chi connectivity index (χ1) is 20.4. The fourth-order valence-electron chi connectivity index (χ4n) is 4.39. The van der Waals surface area contributed by atoms with Gasteiger partial charge in [0.25, 0.3) is 5.91 Å². The molecule has 218 valence electrons. The van der Waals surface area contributed by atoms with Crippen LogP contribution in [-0.4, -0.2) is 42.6 Å². The number of hydrazone groups is 1. The van der Waals surface area contributed by atoms with Crippen LogP contribution in [0.1, 0.15) is 71.7 Å². The van der Waals surface area contributed by atoms with Crippen LogP contribution in [0.25, 0.3) is 0 Å². The van der Waals surface area contributed by atoms with Crippen LogP contribution in [0.2, 0.25) is 0 Å². The topological polar surface area (TPSA) is 135 Å². The Labute approximate surface area is 244 Å². The smallest absolute Gasteiger partial charge is 0.343 e. The van der Waals surface area contributed by atoms with E-state index in [4.69, 9.17) is 9.47 Å². The second-order valence-corrected chi connectivity index (χ2v) is 9.84. The van der Waals surface area contributed by atoms with Crippen LogP contribution in [0.4, 0.5) is 5.69 Å². The number of nitrogens with one attached hydrogen (secondary N) is 3. The fourth-order valence-corrected chi connectivity index (χ4v) is 4.39. The molecule has 10 heteroatoms. The molecule has 10 nitrogen and oxygen atoms in total. The molecule has 0 unspecified atom stereocenters. The number of anilines is 1. The first kappa shape index (κ1) is 30.0. The Balaban J connectivity index is 1.26. The number of benzene rings is 3. The number of amides is 3. The molecule has 1 saturated carbocycles. The van der Waals surface area contributed by atoms with Gasteiger partial charge in [-0.1, -0.05) is 38.3 Å². The number of hydrogen-bond acceptors (Lipinski definition) is 7. The van der Waals surface area contributed by atoms with Crippen LogP contribution < -0.4 is 25.5 Å². The van der Waals surface area contributed by atoms with Gasteiger partial charge in [-0.25, -0.2) is 10.2 Å². The number of carbonyl (C=O) groups excluding carboxylic acids is 4. The van der Waals surface area contributed by atoms with Crippen molar-refractivity contribution in [1.29, 1.82) is 0 Å². The van der Waals surface area contributed by atoms with Crippen LogP contribution in [-0.2, 0) is 9.59 Å². The van der Waals surface area contributed by atoms with Gasteiger partial charge in [0.15, 0.2) is 0 Å². The van der Waals surface area contributed by atoms with E-state index in [2.05, 4.69) is 21.2 Å². The van der Waals surface area contributed by atoms with E-state index in [-0.39, 0.29) is 23.2 Å². The molecule has 1 fully saturated rings. The number of ether oxygens (including phenoxy) is 2. The van der Waals surface area contributed by atoms with E-state index in [1.54, 1.807) is 72.8 Å². The second-order valence-electron chi connectivity index (χ2n) is 9.84. The first-order valence-electron chi connectivity index (χ1n) is 14.0. The minimum absolute atomic E-state index is 0.108. The van der Waals surface area contributed by atoms with Gasteiger partial charge >= 0.3 is 17.8 Å². The number of para-hydroxylation sites is 1. The van der Waals surface area contributed by atoms with Gasteiger partial charge < -0.3 is 20.1 Å². The number of esters is 1. The van der Waals surface area contributed by atoms with Gasteiger partial charge in [0.1, 0.15) is 11.5 Å². The summed E-state index contributed by atoms with van der Waals surface area (Å²) in [5.74, 6) is -1.74. The average Bonchev–Trinajstić information content (AvgIpc) is 3.01. The average molecular weight is 571 g/mol. The molecule has 0 saturated heterocycles. The molecule has 1 aliphatic rings. The lowest BCUT2D eigenvalue weighted by Crippen LogP contribution is -2.37. The summed E-state index contributed by atoms with van der Waals surface area (Å²) in [5.41, 5.74) is 3.68. The van der Waals surface area contributed by atoms with Gasteiger partial charge in [-0.05, 0) is 85.5 Å². The zero-order valence-corrected chi connectivity index (χ0v) is 23.4. The maximum Gasteiger partial charge on any atom is 0.343 e. The molecule has 0 bridgehead atoms. The van der Waals surface area contributed by atoms with E-state index in [0.717, 1.165) is 32.1 Å². The van der Waals surface area contributed by atoms with Crippen molar-refractivity contribution < 1.29 is 28.7 Å². The molecule has 3 N–H and O–H groups in total. The molecule has 0 aromatic heterocycles. The predicted molar refractivity (Wildman–Crippen MR) is 159 cm³/mol. The lowest BCUT2D eigenvalue weighted by atomic mass is 9.95. The molecule has 1 aliphatic carbocycles. The fraction of sp³-hybridized carbons (Fsp3) is 0.281. The summed E-state index contributed by atoms with van der Waals surface area (Å²) < 4.78 is 10.9. The maximum absolute atomic E-state index is 12.8. The van der Waals surface area contributed by atoms with Crippen molar-refractivity contribution in [3.05, 3.63) is 89.5 Å². The number of hydrogen-bond donors (Lipinski definition) is 3. The van der Waals surface area contributed by atoms with Crippen molar-refractivity contribution >= 4 is 35.6 Å². The highest BCUT2D eigenvalue weighted by Gasteiger charge is 2.21. The van der Waals surface area contributed by atoms with Gasteiger partial charge in [-0.3, -0.25) is 14.4 Å². The molecule has 3 amide bonds. The molecular formula is C32H34N4O6. The van der Waals surface area contributed by atoms with Gasteiger partial charge in [0, 0.05) is 6.04 Å². The third-order valence-electron chi connectivity index (χ3n) is 6.60. The Bertz CT molecular complexity index is 1410. The van der Waals surface area contributed by atoms with Crippen molar-refractivity contribution in [3.8, 4) is 11.5 Å². The molecular weight excluding hydrogens is 536 g/mol. The summed E-state index contributed by atoms with van der Waals surface area (Å²) in [4.78, 5) is 50.0. The second kappa shape index (κ2) is 15.1. The first-order valence-corrected chi connectivity index (χ1v) is 14.0. The summed E-state index contributed by atoms with van der Waals surface area (Å²) in [7, 11) is 0. The Hall–Kier alpha value is -4.99. The van der Waals surface area contributed by atoms with Crippen LogP contribution in [0.3, 0.4) is 0 Å². The third-order valence-corrected chi connectivity index (χ3v) is 6.60. The molecule has 3 aromatic carbocycles. The molecule has 0 atom stereocenters. The lowest BCUT2D eigenvalue weighted by molar-refractivity contribution is -0.136. The highest BCUT2D eigenvalue weighted by Crippen LogP contribution is 2.20. The highest BCUT2D eigenvalue weighted by molar-refractivity contribution is 6.40. The van der Waals surface area contributed by atoms with E-state index in [0.29, 0.717) is 29.2 Å². The minimum atomic E-state index is -0.995. The van der Waals surface area contributed by atoms with Crippen molar-refractivity contribution in [2.45, 2.75) is 51.5 Å². The van der Waals surface area contributed by atoms with Crippen LogP contribution >= 0.6 is 0 Å². The van der Waals surface area contributed by atoms with Crippen LogP contribution in [0, 0.1) is 0 Å². The van der Waals surface area contributed by atoms with E-state index in [9.17, 15) is 19.2 Å². The molecule has 0 aliphatic heterocycles. The summed E-state index contributed by atoms with van der Waals surface area (Å²) in [6.07, 6.45) is 7.42. The predicted octanol–water partition coefficient (Wildman–Crippen LogP) is 4.85. The molecule has 0 heterocycles. The van der Waals surface area contributed by atoms with Crippen molar-refractivity contribution in [3.63, 3.8) is 0 Å². The molecule has 0 radical (unpaired) electrons. The molecule has 3 aromatic rings. The molecule has 0 spiro atoms. The molecule has 4 rings (SSSR count). The summed E-state index contributed by atoms with van der Waals surface area (Å²) in [5, 5.41) is 9.32. The van der Waals surface area contributed by atoms with Crippen molar-refractivity contribution in [2.24, 2.45) is 5.10 Å². The van der Waals surface area contributed by atoms with Crippen molar-refractivity contribution in [2.75, 3.05) is 11.9 Å². The van der Waals surface area contributed by atoms with Crippen LogP contribution in [0.5, 0.6) is 11.5 Å². The Morgan fingerprint density at radius 2 is 1.55 bits per heavy atom. The quantitative estimate of drug-likeness (QED) is 0.105. The van der Waals surface area contributed by atoms with Crippen molar-refractivity contribution in [1.82, 2.24) is 10.7 Å². The Kier molecular flexibility index (Phi) is 10.8. The normalized spacial score (nSPS) is 13.3. The van der Waals surface area contributed by atoms with E-state index in [1.807, 2.05) is 6.92 Å². The highest BCUT2D eigenvalue weighted by atomic mass is 16.5. The van der Waals surface area contributed by atoms with E-state index < -0.39 is 17.8 Å². The SMILES string of the molecule is CCCOc1ccc(C(=O)Oc2ccc(/C=N\NC(=O)C(=O)Nc3ccccc3C(=O)NC3CCCCC3)cc2)cc1. The van der Waals surface area contributed by atoms with Gasteiger partial charge in [0.2, 0.25) is 0 Å².